The number of ether oxygens (including phenoxy) is 7. The summed E-state index contributed by atoms with van der Waals surface area (Å²) in [6.07, 6.45) is -0.0314. The minimum Gasteiger partial charge on any atom is -0.394 e. The maximum atomic E-state index is 8.81. The third-order valence-corrected chi connectivity index (χ3v) is 3.72. The van der Waals surface area contributed by atoms with E-state index in [1.165, 1.54) is 0 Å². The Balaban J connectivity index is 0. The highest BCUT2D eigenvalue weighted by Crippen LogP contribution is 2.01. The summed E-state index contributed by atoms with van der Waals surface area (Å²) in [6.45, 7) is 12.0. The maximum Gasteiger partial charge on any atom is 0.0781 e. The summed E-state index contributed by atoms with van der Waals surface area (Å²) in [4.78, 5) is 0. The highest BCUT2D eigenvalue weighted by Gasteiger charge is 2.10. The first-order valence-corrected chi connectivity index (χ1v) is 10.8. The molecule has 3 N–H and O–H groups in total. The fourth-order valence-corrected chi connectivity index (χ4v) is 1.79. The van der Waals surface area contributed by atoms with E-state index in [0.717, 1.165) is 0 Å². The van der Waals surface area contributed by atoms with Crippen LogP contribution < -0.4 is 0 Å². The molecule has 190 valence electrons. The van der Waals surface area contributed by atoms with E-state index in [-0.39, 0.29) is 44.2 Å². The minimum atomic E-state index is -0.146. The SMILES string of the molecule is COC(C)COC(C)COC(C)COC(C)CO.OCCOCCOCCOCCO. The zero-order valence-electron chi connectivity index (χ0n) is 20.0. The Bertz CT molecular complexity index is 305. The van der Waals surface area contributed by atoms with Gasteiger partial charge in [-0.25, -0.2) is 0 Å². The standard InChI is InChI=1S/C13H28O5.C8H18O5/c1-10(6-14)16-8-12(3)18-9-13(4)17-7-11(2)15-5;9-1-3-11-5-7-13-8-6-12-4-2-10/h10-14H,6-9H2,1-5H3;9-10H,1-8H2. The fraction of sp³-hybridized carbons (Fsp3) is 1.00. The Labute approximate surface area is 187 Å². The molecule has 0 aromatic heterocycles. The third-order valence-electron chi connectivity index (χ3n) is 3.72. The second kappa shape index (κ2) is 25.9. The van der Waals surface area contributed by atoms with E-state index in [2.05, 4.69) is 0 Å². The molecule has 0 aliphatic heterocycles. The first-order valence-electron chi connectivity index (χ1n) is 10.8. The molecular weight excluding hydrogens is 412 g/mol. The Hall–Kier alpha value is -0.400. The van der Waals surface area contributed by atoms with Gasteiger partial charge in [0.1, 0.15) is 0 Å². The van der Waals surface area contributed by atoms with Crippen molar-refractivity contribution in [1.82, 2.24) is 0 Å². The molecule has 0 aromatic rings. The van der Waals surface area contributed by atoms with Crippen LogP contribution in [0.5, 0.6) is 0 Å². The van der Waals surface area contributed by atoms with E-state index < -0.39 is 0 Å². The topological polar surface area (TPSA) is 125 Å². The van der Waals surface area contributed by atoms with Crippen molar-refractivity contribution in [3.63, 3.8) is 0 Å². The Morgan fingerprint density at radius 3 is 1.23 bits per heavy atom. The summed E-state index contributed by atoms with van der Waals surface area (Å²) >= 11 is 0. The van der Waals surface area contributed by atoms with Crippen LogP contribution in [0.25, 0.3) is 0 Å². The highest BCUT2D eigenvalue weighted by atomic mass is 16.6. The molecular formula is C21H46O10. The van der Waals surface area contributed by atoms with Crippen molar-refractivity contribution in [2.75, 3.05) is 86.4 Å². The van der Waals surface area contributed by atoms with Gasteiger partial charge in [0.05, 0.1) is 104 Å². The molecule has 0 spiro atoms. The quantitative estimate of drug-likeness (QED) is 0.206. The van der Waals surface area contributed by atoms with Crippen molar-refractivity contribution in [3.8, 4) is 0 Å². The molecule has 0 radical (unpaired) electrons. The number of hydrogen-bond donors (Lipinski definition) is 3. The first-order chi connectivity index (χ1) is 14.9. The number of hydrogen-bond acceptors (Lipinski definition) is 10. The molecule has 0 rings (SSSR count). The van der Waals surface area contributed by atoms with Crippen molar-refractivity contribution >= 4 is 0 Å². The Kier molecular flexibility index (Phi) is 27.3. The molecule has 0 aliphatic rings. The molecule has 31 heavy (non-hydrogen) atoms. The number of aliphatic hydroxyl groups excluding tert-OH is 3. The average molecular weight is 459 g/mol. The average Bonchev–Trinajstić information content (AvgIpc) is 2.78. The van der Waals surface area contributed by atoms with E-state index >= 15 is 0 Å². The molecule has 0 saturated carbocycles. The predicted molar refractivity (Wildman–Crippen MR) is 116 cm³/mol. The van der Waals surface area contributed by atoms with Gasteiger partial charge in [-0.3, -0.25) is 0 Å². The second-order valence-corrected chi connectivity index (χ2v) is 6.95. The largest absolute Gasteiger partial charge is 0.394 e. The van der Waals surface area contributed by atoms with Crippen LogP contribution in [0, 0.1) is 0 Å². The molecule has 0 saturated heterocycles. The summed E-state index contributed by atoms with van der Waals surface area (Å²) in [5.74, 6) is 0. The molecule has 0 fully saturated rings. The van der Waals surface area contributed by atoms with Gasteiger partial charge in [0, 0.05) is 7.11 Å². The summed E-state index contributed by atoms with van der Waals surface area (Å²) < 4.78 is 36.6. The Morgan fingerprint density at radius 2 is 0.871 bits per heavy atom. The van der Waals surface area contributed by atoms with Crippen LogP contribution >= 0.6 is 0 Å². The van der Waals surface area contributed by atoms with Crippen LogP contribution in [0.1, 0.15) is 27.7 Å². The van der Waals surface area contributed by atoms with Gasteiger partial charge >= 0.3 is 0 Å². The maximum absolute atomic E-state index is 8.81. The predicted octanol–water partition coefficient (Wildman–Crippen LogP) is 0.250. The first kappa shape index (κ1) is 32.8. The van der Waals surface area contributed by atoms with Crippen LogP contribution in [-0.4, -0.2) is 126 Å². The lowest BCUT2D eigenvalue weighted by Crippen LogP contribution is -2.27. The van der Waals surface area contributed by atoms with Gasteiger partial charge in [0.15, 0.2) is 0 Å². The van der Waals surface area contributed by atoms with E-state index in [1.807, 2.05) is 27.7 Å². The lowest BCUT2D eigenvalue weighted by Gasteiger charge is -2.20. The zero-order chi connectivity index (χ0) is 23.7. The van der Waals surface area contributed by atoms with Gasteiger partial charge in [-0.2, -0.15) is 0 Å². The number of aliphatic hydroxyl groups is 3. The molecule has 10 nitrogen and oxygen atoms in total. The third kappa shape index (κ3) is 27.6. The van der Waals surface area contributed by atoms with Gasteiger partial charge in [-0.05, 0) is 27.7 Å². The Morgan fingerprint density at radius 1 is 0.516 bits per heavy atom. The molecule has 0 bridgehead atoms. The minimum absolute atomic E-state index is 0.00935. The van der Waals surface area contributed by atoms with Gasteiger partial charge in [-0.15, -0.1) is 0 Å². The molecule has 0 heterocycles. The van der Waals surface area contributed by atoms with Crippen LogP contribution in [-0.2, 0) is 33.2 Å². The molecule has 4 unspecified atom stereocenters. The zero-order valence-corrected chi connectivity index (χ0v) is 20.0. The van der Waals surface area contributed by atoms with Crippen molar-refractivity contribution in [2.45, 2.75) is 52.1 Å². The fourth-order valence-electron chi connectivity index (χ4n) is 1.79. The van der Waals surface area contributed by atoms with Crippen LogP contribution in [0.2, 0.25) is 0 Å². The smallest absolute Gasteiger partial charge is 0.0781 e. The number of methoxy groups -OCH3 is 1. The van der Waals surface area contributed by atoms with Crippen molar-refractivity contribution in [2.24, 2.45) is 0 Å². The number of rotatable bonds is 21. The molecule has 4 atom stereocenters. The summed E-state index contributed by atoms with van der Waals surface area (Å²) in [6, 6.07) is 0. The second-order valence-electron chi connectivity index (χ2n) is 6.95. The summed E-state index contributed by atoms with van der Waals surface area (Å²) in [7, 11) is 1.66. The highest BCUT2D eigenvalue weighted by molar-refractivity contribution is 4.56. The van der Waals surface area contributed by atoms with Crippen molar-refractivity contribution in [1.29, 1.82) is 0 Å². The van der Waals surface area contributed by atoms with Gasteiger partial charge in [0.2, 0.25) is 0 Å². The lowest BCUT2D eigenvalue weighted by atomic mass is 10.3. The molecule has 0 amide bonds. The van der Waals surface area contributed by atoms with Crippen LogP contribution in [0.3, 0.4) is 0 Å². The molecule has 0 aromatic carbocycles. The van der Waals surface area contributed by atoms with Crippen molar-refractivity contribution in [3.05, 3.63) is 0 Å². The van der Waals surface area contributed by atoms with E-state index in [9.17, 15) is 0 Å². The normalized spacial score (nSPS) is 15.1. The summed E-state index contributed by atoms with van der Waals surface area (Å²) in [5.41, 5.74) is 0. The van der Waals surface area contributed by atoms with Gasteiger partial charge in [0.25, 0.3) is 0 Å². The summed E-state index contributed by atoms with van der Waals surface area (Å²) in [5, 5.41) is 25.5. The van der Waals surface area contributed by atoms with E-state index in [1.54, 1.807) is 7.11 Å². The van der Waals surface area contributed by atoms with E-state index in [0.29, 0.717) is 59.5 Å². The van der Waals surface area contributed by atoms with Crippen LogP contribution in [0.4, 0.5) is 0 Å². The lowest BCUT2D eigenvalue weighted by molar-refractivity contribution is -0.0854. The molecule has 10 heteroatoms. The van der Waals surface area contributed by atoms with Gasteiger partial charge in [-0.1, -0.05) is 0 Å². The van der Waals surface area contributed by atoms with Crippen LogP contribution in [0.15, 0.2) is 0 Å². The van der Waals surface area contributed by atoms with E-state index in [4.69, 9.17) is 48.5 Å². The van der Waals surface area contributed by atoms with Crippen molar-refractivity contribution < 1.29 is 48.5 Å². The molecule has 0 aliphatic carbocycles. The monoisotopic (exact) mass is 458 g/mol. The van der Waals surface area contributed by atoms with Gasteiger partial charge < -0.3 is 48.5 Å².